The number of nitrogens with zero attached hydrogens (tertiary/aromatic N) is 3. The fraction of sp³-hybridized carbons (Fsp3) is 0.308. The van der Waals surface area contributed by atoms with Crippen molar-refractivity contribution >= 4 is 6.03 Å². The minimum absolute atomic E-state index is 0.116. The van der Waals surface area contributed by atoms with Gasteiger partial charge in [-0.3, -0.25) is 4.68 Å². The molecule has 2 rings (SSSR count). The summed E-state index contributed by atoms with van der Waals surface area (Å²) in [6.07, 6.45) is 1.35. The monoisotopic (exact) mass is 313 g/mol. The number of aryl methyl sites for hydroxylation is 1. The maximum atomic E-state index is 13.2. The van der Waals surface area contributed by atoms with Crippen LogP contribution in [0, 0.1) is 17.5 Å². The number of aromatic nitrogens is 3. The van der Waals surface area contributed by atoms with Crippen molar-refractivity contribution in [2.75, 3.05) is 0 Å². The van der Waals surface area contributed by atoms with E-state index in [1.54, 1.807) is 7.05 Å². The van der Waals surface area contributed by atoms with Crippen LogP contribution in [-0.4, -0.2) is 20.8 Å². The lowest BCUT2D eigenvalue weighted by molar-refractivity contribution is 0.237. The molecule has 0 aliphatic rings. The molecule has 1 unspecified atom stereocenters. The summed E-state index contributed by atoms with van der Waals surface area (Å²) in [5.41, 5.74) is 0.116. The standard InChI is InChI=1S/C13H14F3N5O/c1-7(8-3-9(14)12(16)10(15)4-8)20-13(22)17-5-11-18-6-19-21(11)2/h3-4,6-7H,5H2,1-2H3,(H2,17,20,22). The van der Waals surface area contributed by atoms with Gasteiger partial charge in [-0.15, -0.1) is 0 Å². The van der Waals surface area contributed by atoms with Crippen molar-refractivity contribution in [3.8, 4) is 0 Å². The first-order valence-electron chi connectivity index (χ1n) is 6.40. The quantitative estimate of drug-likeness (QED) is 0.845. The summed E-state index contributed by atoms with van der Waals surface area (Å²) in [6, 6.07) is 0.419. The number of urea groups is 1. The molecule has 0 aliphatic carbocycles. The number of hydrogen-bond donors (Lipinski definition) is 2. The van der Waals surface area contributed by atoms with E-state index >= 15 is 0 Å². The predicted molar refractivity (Wildman–Crippen MR) is 71.1 cm³/mol. The molecular weight excluding hydrogens is 299 g/mol. The average Bonchev–Trinajstić information content (AvgIpc) is 2.87. The van der Waals surface area contributed by atoms with Crippen LogP contribution in [0.15, 0.2) is 18.5 Å². The molecule has 0 saturated heterocycles. The van der Waals surface area contributed by atoms with Crippen molar-refractivity contribution in [3.05, 3.63) is 47.3 Å². The van der Waals surface area contributed by atoms with Gasteiger partial charge in [0.2, 0.25) is 0 Å². The summed E-state index contributed by atoms with van der Waals surface area (Å²) in [5, 5.41) is 8.87. The lowest BCUT2D eigenvalue weighted by atomic mass is 10.1. The van der Waals surface area contributed by atoms with Crippen LogP contribution in [-0.2, 0) is 13.6 Å². The second-order valence-corrected chi connectivity index (χ2v) is 4.65. The van der Waals surface area contributed by atoms with Crippen LogP contribution in [0.4, 0.5) is 18.0 Å². The maximum absolute atomic E-state index is 13.2. The highest BCUT2D eigenvalue weighted by Crippen LogP contribution is 2.18. The number of halogens is 3. The van der Waals surface area contributed by atoms with Crippen LogP contribution >= 0.6 is 0 Å². The van der Waals surface area contributed by atoms with E-state index in [1.165, 1.54) is 17.9 Å². The molecule has 1 aromatic heterocycles. The highest BCUT2D eigenvalue weighted by molar-refractivity contribution is 5.74. The average molecular weight is 313 g/mol. The zero-order chi connectivity index (χ0) is 16.3. The molecule has 1 atom stereocenters. The number of amides is 2. The fourth-order valence-electron chi connectivity index (χ4n) is 1.80. The van der Waals surface area contributed by atoms with Gasteiger partial charge in [-0.2, -0.15) is 5.10 Å². The van der Waals surface area contributed by atoms with Crippen molar-refractivity contribution < 1.29 is 18.0 Å². The zero-order valence-corrected chi connectivity index (χ0v) is 11.9. The van der Waals surface area contributed by atoms with Gasteiger partial charge in [0.05, 0.1) is 12.6 Å². The number of benzene rings is 1. The molecule has 0 radical (unpaired) electrons. The lowest BCUT2D eigenvalue weighted by Crippen LogP contribution is -2.37. The highest BCUT2D eigenvalue weighted by atomic mass is 19.2. The van der Waals surface area contributed by atoms with Gasteiger partial charge in [-0.1, -0.05) is 0 Å². The van der Waals surface area contributed by atoms with Crippen LogP contribution < -0.4 is 10.6 Å². The molecule has 6 nitrogen and oxygen atoms in total. The topological polar surface area (TPSA) is 71.8 Å². The fourth-order valence-corrected chi connectivity index (χ4v) is 1.80. The van der Waals surface area contributed by atoms with Crippen molar-refractivity contribution in [3.63, 3.8) is 0 Å². The molecule has 0 spiro atoms. The van der Waals surface area contributed by atoms with E-state index in [1.807, 2.05) is 0 Å². The van der Waals surface area contributed by atoms with E-state index in [2.05, 4.69) is 20.7 Å². The van der Waals surface area contributed by atoms with Crippen molar-refractivity contribution in [2.24, 2.45) is 7.05 Å². The molecule has 2 aromatic rings. The summed E-state index contributed by atoms with van der Waals surface area (Å²) in [7, 11) is 1.68. The minimum atomic E-state index is -1.54. The van der Waals surface area contributed by atoms with E-state index in [0.717, 1.165) is 12.1 Å². The number of nitrogens with one attached hydrogen (secondary N) is 2. The molecule has 2 amide bonds. The van der Waals surface area contributed by atoms with Gasteiger partial charge in [-0.25, -0.2) is 22.9 Å². The lowest BCUT2D eigenvalue weighted by Gasteiger charge is -2.15. The molecule has 0 bridgehead atoms. The second-order valence-electron chi connectivity index (χ2n) is 4.65. The van der Waals surface area contributed by atoms with Crippen molar-refractivity contribution in [1.82, 2.24) is 25.4 Å². The Hall–Kier alpha value is -2.58. The van der Waals surface area contributed by atoms with Gasteiger partial charge in [-0.05, 0) is 24.6 Å². The van der Waals surface area contributed by atoms with Crippen molar-refractivity contribution in [2.45, 2.75) is 19.5 Å². The molecule has 0 saturated carbocycles. The Labute approximate surface area is 124 Å². The third-order valence-electron chi connectivity index (χ3n) is 3.07. The van der Waals surface area contributed by atoms with E-state index < -0.39 is 29.5 Å². The smallest absolute Gasteiger partial charge is 0.315 e. The van der Waals surface area contributed by atoms with E-state index in [-0.39, 0.29) is 12.1 Å². The third-order valence-corrected chi connectivity index (χ3v) is 3.07. The zero-order valence-electron chi connectivity index (χ0n) is 11.9. The van der Waals surface area contributed by atoms with Crippen molar-refractivity contribution in [1.29, 1.82) is 0 Å². The highest BCUT2D eigenvalue weighted by Gasteiger charge is 2.16. The molecule has 0 fully saturated rings. The summed E-state index contributed by atoms with van der Waals surface area (Å²) in [6.45, 7) is 1.66. The molecular formula is C13H14F3N5O. The maximum Gasteiger partial charge on any atom is 0.315 e. The summed E-state index contributed by atoms with van der Waals surface area (Å²) in [5.74, 6) is -3.60. The van der Waals surface area contributed by atoms with Crippen LogP contribution in [0.5, 0.6) is 0 Å². The molecule has 118 valence electrons. The number of rotatable bonds is 4. The molecule has 1 heterocycles. The van der Waals surface area contributed by atoms with Gasteiger partial charge in [0, 0.05) is 7.05 Å². The van der Waals surface area contributed by atoms with Gasteiger partial charge < -0.3 is 10.6 Å². The first kappa shape index (κ1) is 15.8. The van der Waals surface area contributed by atoms with Crippen LogP contribution in [0.2, 0.25) is 0 Å². The Kier molecular flexibility index (Phi) is 4.64. The van der Waals surface area contributed by atoms with Gasteiger partial charge in [0.15, 0.2) is 17.5 Å². The Morgan fingerprint density at radius 3 is 2.50 bits per heavy atom. The Balaban J connectivity index is 1.95. The summed E-state index contributed by atoms with van der Waals surface area (Å²) in [4.78, 5) is 15.7. The number of carbonyl (C=O) groups is 1. The summed E-state index contributed by atoms with van der Waals surface area (Å²) < 4.78 is 40.7. The van der Waals surface area contributed by atoms with E-state index in [0.29, 0.717) is 5.82 Å². The third kappa shape index (κ3) is 3.54. The van der Waals surface area contributed by atoms with Crippen LogP contribution in [0.25, 0.3) is 0 Å². The van der Waals surface area contributed by atoms with E-state index in [4.69, 9.17) is 0 Å². The minimum Gasteiger partial charge on any atom is -0.332 e. The second kappa shape index (κ2) is 6.46. The van der Waals surface area contributed by atoms with Crippen LogP contribution in [0.3, 0.4) is 0 Å². The van der Waals surface area contributed by atoms with Gasteiger partial charge in [0.1, 0.15) is 12.2 Å². The number of carbonyl (C=O) groups excluding carboxylic acids is 1. The molecule has 0 aliphatic heterocycles. The first-order valence-corrected chi connectivity index (χ1v) is 6.40. The summed E-state index contributed by atoms with van der Waals surface area (Å²) >= 11 is 0. The van der Waals surface area contributed by atoms with Crippen LogP contribution in [0.1, 0.15) is 24.4 Å². The van der Waals surface area contributed by atoms with E-state index in [9.17, 15) is 18.0 Å². The predicted octanol–water partition coefficient (Wildman–Crippen LogP) is 1.79. The largest absolute Gasteiger partial charge is 0.332 e. The SMILES string of the molecule is CC(NC(=O)NCc1ncnn1C)c1cc(F)c(F)c(F)c1. The van der Waals surface area contributed by atoms with Gasteiger partial charge in [0.25, 0.3) is 0 Å². The normalized spacial score (nSPS) is 12.0. The molecule has 9 heteroatoms. The van der Waals surface area contributed by atoms with Gasteiger partial charge >= 0.3 is 6.03 Å². The Morgan fingerprint density at radius 1 is 1.32 bits per heavy atom. The Bertz CT molecular complexity index is 665. The first-order chi connectivity index (χ1) is 10.4. The molecule has 1 aromatic carbocycles. The molecule has 22 heavy (non-hydrogen) atoms. The molecule has 2 N–H and O–H groups in total. The Morgan fingerprint density at radius 2 is 1.95 bits per heavy atom. The number of hydrogen-bond acceptors (Lipinski definition) is 3.